The number of rotatable bonds is 0. The van der Waals surface area contributed by atoms with E-state index in [0.29, 0.717) is 0 Å². The molecule has 0 unspecified atom stereocenters. The molecule has 5 heavy (non-hydrogen) atoms. The monoisotopic (exact) mass is 115 g/mol. The van der Waals surface area contributed by atoms with Gasteiger partial charge < -0.3 is 0 Å². The molecule has 0 saturated carbocycles. The second-order valence-electron chi connectivity index (χ2n) is 0.682. The fraction of sp³-hybridized carbons (Fsp3) is 1.00. The number of hydrogen-bond acceptors (Lipinski definition) is 2. The van der Waals surface area contributed by atoms with Crippen LogP contribution in [0.2, 0.25) is 0 Å². The second-order valence-corrected chi connectivity index (χ2v) is 3.73. The van der Waals surface area contributed by atoms with Crippen LogP contribution in [-0.4, -0.2) is 14.7 Å². The van der Waals surface area contributed by atoms with Crippen LogP contribution in [0.25, 0.3) is 0 Å². The summed E-state index contributed by atoms with van der Waals surface area (Å²) >= 11 is 0. The van der Waals surface area contributed by atoms with Crippen LogP contribution in [-0.2, 0) is 9.05 Å². The van der Waals surface area contributed by atoms with Gasteiger partial charge in [0.25, 0.3) is 0 Å². The van der Waals surface area contributed by atoms with E-state index in [0.717, 1.165) is 6.26 Å². The Morgan fingerprint density at radius 1 is 1.60 bits per heavy atom. The molecule has 0 spiro atoms. The largest absolute Gasteiger partial charge is 0.229 e. The molecule has 0 aliphatic rings. The molecule has 2 nitrogen and oxygen atoms in total. The molecule has 4 heteroatoms. The lowest BCUT2D eigenvalue weighted by atomic mass is 13.0. The van der Waals surface area contributed by atoms with Crippen LogP contribution in [0.1, 0.15) is 0 Å². The third kappa shape index (κ3) is 369. The lowest BCUT2D eigenvalue weighted by Gasteiger charge is -1.65. The van der Waals surface area contributed by atoms with Crippen molar-refractivity contribution in [1.82, 2.24) is 0 Å². The molecule has 0 aliphatic heterocycles. The Bertz CT molecular complexity index is 92.8. The van der Waals surface area contributed by atoms with E-state index in [2.05, 4.69) is 10.7 Å². The molecule has 0 aliphatic carbocycles. The third-order valence-electron chi connectivity index (χ3n) is 0. The minimum absolute atomic E-state index is 0.925. The smallest absolute Gasteiger partial charge is 0.213 e. The second kappa shape index (κ2) is 1.14. The highest BCUT2D eigenvalue weighted by Gasteiger charge is 1.83. The molecular weight excluding hydrogens is 113 g/mol. The first-order chi connectivity index (χ1) is 2.00. The summed E-state index contributed by atoms with van der Waals surface area (Å²) in [5.41, 5.74) is 0. The highest BCUT2D eigenvalue weighted by molar-refractivity contribution is 8.13. The Labute approximate surface area is 35.2 Å². The van der Waals surface area contributed by atoms with Gasteiger partial charge in [-0.1, -0.05) is 0 Å². The lowest BCUT2D eigenvalue weighted by Crippen LogP contribution is -1.76. The topological polar surface area (TPSA) is 34.1 Å². The third-order valence-corrected chi connectivity index (χ3v) is 0. The van der Waals surface area contributed by atoms with Crippen LogP contribution in [0.4, 0.5) is 0 Å². The normalized spacial score (nSPS) is 11.6. The standard InChI is InChI=1S/CH3ClO2S/c1-5(2,3)4/h1H3/i1+1. The summed E-state index contributed by atoms with van der Waals surface area (Å²) < 4.78 is 18.8. The van der Waals surface area contributed by atoms with Gasteiger partial charge in [-0.25, -0.2) is 8.42 Å². The van der Waals surface area contributed by atoms with Crippen LogP contribution in [0.3, 0.4) is 0 Å². The van der Waals surface area contributed by atoms with Gasteiger partial charge in [-0.2, -0.15) is 0 Å². The van der Waals surface area contributed by atoms with Gasteiger partial charge in [0.15, 0.2) is 0 Å². The zero-order chi connectivity index (χ0) is 4.50. The molecule has 32 valence electrons. The molecule has 0 bridgehead atoms. The van der Waals surface area contributed by atoms with E-state index in [1.54, 1.807) is 0 Å². The van der Waals surface area contributed by atoms with Crippen LogP contribution in [0.15, 0.2) is 0 Å². The fourth-order valence-electron chi connectivity index (χ4n) is 0. The van der Waals surface area contributed by atoms with Crippen LogP contribution < -0.4 is 0 Å². The molecule has 0 radical (unpaired) electrons. The van der Waals surface area contributed by atoms with Crippen molar-refractivity contribution in [2.45, 2.75) is 0 Å². The first-order valence-corrected chi connectivity index (χ1v) is 3.61. The van der Waals surface area contributed by atoms with Gasteiger partial charge in [-0.3, -0.25) is 0 Å². The van der Waals surface area contributed by atoms with Gasteiger partial charge in [0.05, 0.1) is 6.26 Å². The van der Waals surface area contributed by atoms with Crippen LogP contribution in [0, 0.1) is 0 Å². The van der Waals surface area contributed by atoms with Gasteiger partial charge >= 0.3 is 0 Å². The maximum Gasteiger partial charge on any atom is 0.229 e. The number of hydrogen-bond donors (Lipinski definition) is 0. The minimum Gasteiger partial charge on any atom is -0.213 e. The molecule has 0 aromatic rings. The number of halogens is 1. The summed E-state index contributed by atoms with van der Waals surface area (Å²) in [5, 5.41) is 0. The Morgan fingerprint density at radius 3 is 1.60 bits per heavy atom. The first kappa shape index (κ1) is 5.24. The van der Waals surface area contributed by atoms with Crippen molar-refractivity contribution in [3.63, 3.8) is 0 Å². The van der Waals surface area contributed by atoms with E-state index in [9.17, 15) is 8.42 Å². The average Bonchev–Trinajstić information content (AvgIpc) is 0.722. The maximum absolute atomic E-state index is 9.40. The maximum atomic E-state index is 9.40. The van der Waals surface area contributed by atoms with Crippen molar-refractivity contribution in [1.29, 1.82) is 0 Å². The molecule has 0 rings (SSSR count). The zero-order valence-electron chi connectivity index (χ0n) is 2.60. The predicted molar refractivity (Wildman–Crippen MR) is 20.7 cm³/mol. The van der Waals surface area contributed by atoms with Gasteiger partial charge in [-0.05, 0) is 0 Å². The van der Waals surface area contributed by atoms with Crippen molar-refractivity contribution in [3.8, 4) is 0 Å². The predicted octanol–water partition coefficient (Wildman–Crippen LogP) is 0.185. The SMILES string of the molecule is [13CH3]S(=O)(=O)Cl. The van der Waals surface area contributed by atoms with Gasteiger partial charge in [-0.15, -0.1) is 0 Å². The fourth-order valence-corrected chi connectivity index (χ4v) is 0. The van der Waals surface area contributed by atoms with E-state index in [4.69, 9.17) is 0 Å². The van der Waals surface area contributed by atoms with E-state index >= 15 is 0 Å². The molecule has 0 saturated heterocycles. The van der Waals surface area contributed by atoms with Crippen molar-refractivity contribution in [2.75, 3.05) is 6.26 Å². The molecule has 0 heterocycles. The Hall–Kier alpha value is 0.240. The molecule has 0 atom stereocenters. The summed E-state index contributed by atoms with van der Waals surface area (Å²) in [7, 11) is 1.31. The van der Waals surface area contributed by atoms with Gasteiger partial charge in [0.1, 0.15) is 0 Å². The molecule has 0 aromatic carbocycles. The Morgan fingerprint density at radius 2 is 1.60 bits per heavy atom. The average molecular weight is 116 g/mol. The summed E-state index contributed by atoms with van der Waals surface area (Å²) in [4.78, 5) is 0. The van der Waals surface area contributed by atoms with Gasteiger partial charge in [0, 0.05) is 10.7 Å². The summed E-state index contributed by atoms with van der Waals surface area (Å²) in [6.07, 6.45) is 0.925. The van der Waals surface area contributed by atoms with Gasteiger partial charge in [0.2, 0.25) is 9.05 Å². The van der Waals surface area contributed by atoms with Crippen LogP contribution in [0.5, 0.6) is 0 Å². The zero-order valence-corrected chi connectivity index (χ0v) is 4.18. The lowest BCUT2D eigenvalue weighted by molar-refractivity contribution is 0.615. The molecular formula is CH3ClO2S. The summed E-state index contributed by atoms with van der Waals surface area (Å²) in [6.45, 7) is 0. The Balaban J connectivity index is 4.06. The molecule has 0 aromatic heterocycles. The summed E-state index contributed by atoms with van der Waals surface area (Å²) in [6, 6.07) is 0. The summed E-state index contributed by atoms with van der Waals surface area (Å²) in [5.74, 6) is 0. The highest BCUT2D eigenvalue weighted by atomic mass is 35.7. The van der Waals surface area contributed by atoms with Crippen molar-refractivity contribution < 1.29 is 8.42 Å². The highest BCUT2D eigenvalue weighted by Crippen LogP contribution is 1.83. The molecule has 0 fully saturated rings. The van der Waals surface area contributed by atoms with Crippen LogP contribution >= 0.6 is 10.7 Å². The molecule has 0 N–H and O–H groups in total. The van der Waals surface area contributed by atoms with E-state index in [1.807, 2.05) is 0 Å². The quantitative estimate of drug-likeness (QED) is 0.334. The van der Waals surface area contributed by atoms with Crippen molar-refractivity contribution in [2.24, 2.45) is 0 Å². The minimum atomic E-state index is -3.19. The van der Waals surface area contributed by atoms with Crippen molar-refractivity contribution in [3.05, 3.63) is 0 Å². The first-order valence-electron chi connectivity index (χ1n) is 0.896. The van der Waals surface area contributed by atoms with E-state index < -0.39 is 9.05 Å². The van der Waals surface area contributed by atoms with E-state index in [-0.39, 0.29) is 0 Å². The molecule has 0 amide bonds. The Kier molecular flexibility index (Phi) is 1.20. The van der Waals surface area contributed by atoms with E-state index in [1.165, 1.54) is 0 Å². The van der Waals surface area contributed by atoms with Crippen molar-refractivity contribution >= 4 is 19.7 Å².